The number of anilines is 2. The Hall–Kier alpha value is -3.28. The van der Waals surface area contributed by atoms with E-state index >= 15 is 0 Å². The molecular formula is C23H16Cl2N2O3. The maximum Gasteiger partial charge on any atom is 0.282 e. The summed E-state index contributed by atoms with van der Waals surface area (Å²) in [6, 6.07) is 20.5. The van der Waals surface area contributed by atoms with E-state index in [9.17, 15) is 9.59 Å². The SMILES string of the molecule is COc1ccc(Cl)cc1NC1=C(c2ccc(Cl)cc2)C(=O)N(c2ccccc2)C1=O. The first-order valence-electron chi connectivity index (χ1n) is 9.04. The molecular weight excluding hydrogens is 423 g/mol. The number of hydrogen-bond acceptors (Lipinski definition) is 4. The highest BCUT2D eigenvalue weighted by molar-refractivity contribution is 6.46. The molecule has 3 aromatic rings. The second kappa shape index (κ2) is 8.22. The Balaban J connectivity index is 1.85. The summed E-state index contributed by atoms with van der Waals surface area (Å²) in [5, 5.41) is 4.06. The summed E-state index contributed by atoms with van der Waals surface area (Å²) >= 11 is 12.1. The third-order valence-electron chi connectivity index (χ3n) is 4.65. The van der Waals surface area contributed by atoms with E-state index in [0.717, 1.165) is 4.90 Å². The van der Waals surface area contributed by atoms with Gasteiger partial charge in [0, 0.05) is 10.0 Å². The molecule has 7 heteroatoms. The van der Waals surface area contributed by atoms with Gasteiger partial charge < -0.3 is 10.1 Å². The number of carbonyl (C=O) groups excluding carboxylic acids is 2. The fraction of sp³-hybridized carbons (Fsp3) is 0.0435. The number of methoxy groups -OCH3 is 1. The van der Waals surface area contributed by atoms with E-state index in [1.807, 2.05) is 6.07 Å². The van der Waals surface area contributed by atoms with Gasteiger partial charge >= 0.3 is 0 Å². The number of amides is 2. The summed E-state index contributed by atoms with van der Waals surface area (Å²) in [7, 11) is 1.51. The molecule has 5 nitrogen and oxygen atoms in total. The van der Waals surface area contributed by atoms with Gasteiger partial charge in [-0.2, -0.15) is 0 Å². The molecule has 1 aliphatic heterocycles. The smallest absolute Gasteiger partial charge is 0.282 e. The van der Waals surface area contributed by atoms with Gasteiger partial charge in [-0.1, -0.05) is 53.5 Å². The molecule has 0 atom stereocenters. The summed E-state index contributed by atoms with van der Waals surface area (Å²) < 4.78 is 5.37. The molecule has 0 unspecified atom stereocenters. The lowest BCUT2D eigenvalue weighted by Gasteiger charge is -2.16. The minimum absolute atomic E-state index is 0.131. The van der Waals surface area contributed by atoms with Crippen LogP contribution in [-0.2, 0) is 9.59 Å². The predicted molar refractivity (Wildman–Crippen MR) is 119 cm³/mol. The van der Waals surface area contributed by atoms with Crippen LogP contribution in [-0.4, -0.2) is 18.9 Å². The van der Waals surface area contributed by atoms with E-state index in [0.29, 0.717) is 32.7 Å². The average Bonchev–Trinajstić information content (AvgIpc) is 2.99. The van der Waals surface area contributed by atoms with Gasteiger partial charge in [-0.25, -0.2) is 4.90 Å². The molecule has 0 saturated carbocycles. The zero-order valence-electron chi connectivity index (χ0n) is 15.9. The number of rotatable bonds is 5. The van der Waals surface area contributed by atoms with Crippen LogP contribution in [0.1, 0.15) is 5.56 Å². The molecule has 0 saturated heterocycles. The van der Waals surface area contributed by atoms with E-state index in [4.69, 9.17) is 27.9 Å². The topological polar surface area (TPSA) is 58.6 Å². The quantitative estimate of drug-likeness (QED) is 0.541. The standard InChI is InChI=1S/C23H16Cl2N2O3/c1-30-19-12-11-16(25)13-18(19)26-21-20(14-7-9-15(24)10-8-14)22(28)27(23(21)29)17-5-3-2-4-6-17/h2-13,26H,1H3. The van der Waals surface area contributed by atoms with Crippen molar-refractivity contribution >= 4 is 52.0 Å². The minimum atomic E-state index is -0.474. The lowest BCUT2D eigenvalue weighted by Crippen LogP contribution is -2.32. The van der Waals surface area contributed by atoms with Crippen molar-refractivity contribution in [2.45, 2.75) is 0 Å². The number of benzene rings is 3. The van der Waals surface area contributed by atoms with Crippen molar-refractivity contribution in [1.82, 2.24) is 0 Å². The molecule has 1 N–H and O–H groups in total. The van der Waals surface area contributed by atoms with Gasteiger partial charge in [-0.05, 0) is 48.0 Å². The molecule has 0 bridgehead atoms. The molecule has 4 rings (SSSR count). The molecule has 0 radical (unpaired) electrons. The number of hydrogen-bond donors (Lipinski definition) is 1. The normalized spacial score (nSPS) is 13.8. The Morgan fingerprint density at radius 3 is 2.17 bits per heavy atom. The number of imide groups is 1. The van der Waals surface area contributed by atoms with Crippen molar-refractivity contribution in [3.8, 4) is 5.75 Å². The van der Waals surface area contributed by atoms with Gasteiger partial charge in [-0.3, -0.25) is 9.59 Å². The maximum atomic E-state index is 13.3. The second-order valence-corrected chi connectivity index (χ2v) is 7.38. The van der Waals surface area contributed by atoms with E-state index in [1.165, 1.54) is 7.11 Å². The van der Waals surface area contributed by atoms with Crippen LogP contribution in [0.15, 0.2) is 78.5 Å². The summed E-state index contributed by atoms with van der Waals surface area (Å²) in [6.07, 6.45) is 0. The van der Waals surface area contributed by atoms with Crippen LogP contribution < -0.4 is 15.0 Å². The molecule has 0 fully saturated rings. The van der Waals surface area contributed by atoms with E-state index in [2.05, 4.69) is 5.32 Å². The Labute approximate surface area is 183 Å². The van der Waals surface area contributed by atoms with E-state index < -0.39 is 11.8 Å². The van der Waals surface area contributed by atoms with Crippen molar-refractivity contribution in [2.75, 3.05) is 17.3 Å². The Bertz CT molecular complexity index is 1160. The van der Waals surface area contributed by atoms with Crippen LogP contribution in [0.3, 0.4) is 0 Å². The zero-order chi connectivity index (χ0) is 21.3. The molecule has 1 aliphatic rings. The van der Waals surface area contributed by atoms with Crippen LogP contribution in [0.4, 0.5) is 11.4 Å². The lowest BCUT2D eigenvalue weighted by molar-refractivity contribution is -0.120. The van der Waals surface area contributed by atoms with Gasteiger partial charge in [0.2, 0.25) is 0 Å². The van der Waals surface area contributed by atoms with Crippen molar-refractivity contribution in [3.63, 3.8) is 0 Å². The summed E-state index contributed by atoms with van der Waals surface area (Å²) in [4.78, 5) is 27.8. The van der Waals surface area contributed by atoms with Gasteiger partial charge in [-0.15, -0.1) is 0 Å². The highest BCUT2D eigenvalue weighted by Gasteiger charge is 2.40. The monoisotopic (exact) mass is 438 g/mol. The van der Waals surface area contributed by atoms with Gasteiger partial charge in [0.25, 0.3) is 11.8 Å². The number of nitrogens with one attached hydrogen (secondary N) is 1. The Morgan fingerprint density at radius 2 is 1.50 bits per heavy atom. The number of para-hydroxylation sites is 1. The first-order valence-corrected chi connectivity index (χ1v) is 9.80. The van der Waals surface area contributed by atoms with Crippen molar-refractivity contribution in [3.05, 3.63) is 94.1 Å². The van der Waals surface area contributed by atoms with Crippen LogP contribution in [0.2, 0.25) is 10.0 Å². The molecule has 150 valence electrons. The van der Waals surface area contributed by atoms with Crippen LogP contribution in [0.25, 0.3) is 5.57 Å². The van der Waals surface area contributed by atoms with Gasteiger partial charge in [0.1, 0.15) is 11.4 Å². The van der Waals surface area contributed by atoms with E-state index in [1.54, 1.807) is 66.7 Å². The highest BCUT2D eigenvalue weighted by Crippen LogP contribution is 2.36. The third kappa shape index (κ3) is 3.65. The first-order chi connectivity index (χ1) is 14.5. The van der Waals surface area contributed by atoms with E-state index in [-0.39, 0.29) is 11.3 Å². The second-order valence-electron chi connectivity index (χ2n) is 6.51. The molecule has 0 aliphatic carbocycles. The molecule has 0 aromatic heterocycles. The average molecular weight is 439 g/mol. The molecule has 1 heterocycles. The minimum Gasteiger partial charge on any atom is -0.495 e. The first kappa shape index (κ1) is 20.0. The van der Waals surface area contributed by atoms with Crippen molar-refractivity contribution in [2.24, 2.45) is 0 Å². The Morgan fingerprint density at radius 1 is 0.833 bits per heavy atom. The third-order valence-corrected chi connectivity index (χ3v) is 5.14. The van der Waals surface area contributed by atoms with Gasteiger partial charge in [0.05, 0.1) is 24.1 Å². The van der Waals surface area contributed by atoms with Crippen molar-refractivity contribution in [1.29, 1.82) is 0 Å². The molecule has 0 spiro atoms. The molecule has 30 heavy (non-hydrogen) atoms. The van der Waals surface area contributed by atoms with Crippen LogP contribution >= 0.6 is 23.2 Å². The summed E-state index contributed by atoms with van der Waals surface area (Å²) in [6.45, 7) is 0. The summed E-state index contributed by atoms with van der Waals surface area (Å²) in [5.41, 5.74) is 1.89. The number of halogens is 2. The number of carbonyl (C=O) groups is 2. The fourth-order valence-electron chi connectivity index (χ4n) is 3.25. The number of ether oxygens (including phenoxy) is 1. The highest BCUT2D eigenvalue weighted by atomic mass is 35.5. The lowest BCUT2D eigenvalue weighted by atomic mass is 10.0. The number of nitrogens with zero attached hydrogens (tertiary/aromatic N) is 1. The molecule has 2 amide bonds. The van der Waals surface area contributed by atoms with Gasteiger partial charge in [0.15, 0.2) is 0 Å². The fourth-order valence-corrected chi connectivity index (χ4v) is 3.55. The van der Waals surface area contributed by atoms with Crippen LogP contribution in [0.5, 0.6) is 5.75 Å². The zero-order valence-corrected chi connectivity index (χ0v) is 17.4. The largest absolute Gasteiger partial charge is 0.495 e. The Kier molecular flexibility index (Phi) is 5.48. The summed E-state index contributed by atoms with van der Waals surface area (Å²) in [5.74, 6) is -0.420. The van der Waals surface area contributed by atoms with Crippen LogP contribution in [0, 0.1) is 0 Å². The predicted octanol–water partition coefficient (Wildman–Crippen LogP) is 5.40. The molecule has 3 aromatic carbocycles. The maximum absolute atomic E-state index is 13.3. The van der Waals surface area contributed by atoms with Crippen molar-refractivity contribution < 1.29 is 14.3 Å².